The van der Waals surface area contributed by atoms with Crippen LogP contribution in [0.25, 0.3) is 0 Å². The van der Waals surface area contributed by atoms with Crippen molar-refractivity contribution in [3.8, 4) is 0 Å². The highest BCUT2D eigenvalue weighted by Gasteiger charge is 2.13. The van der Waals surface area contributed by atoms with Gasteiger partial charge >= 0.3 is 0 Å². The average Bonchev–Trinajstić information content (AvgIpc) is 2.40. The Morgan fingerprint density at radius 3 is 2.16 bits per heavy atom. The molecule has 0 bridgehead atoms. The van der Waals surface area contributed by atoms with Gasteiger partial charge in [0.15, 0.2) is 0 Å². The first kappa shape index (κ1) is 14.2. The molecule has 0 aliphatic carbocycles. The Morgan fingerprint density at radius 2 is 1.58 bits per heavy atom. The van der Waals surface area contributed by atoms with E-state index >= 15 is 0 Å². The van der Waals surface area contributed by atoms with Crippen LogP contribution in [0.5, 0.6) is 0 Å². The number of hydrogen-bond donors (Lipinski definition) is 0. The number of sulfonamides is 1. The second-order valence-electron chi connectivity index (χ2n) is 4.04. The predicted molar refractivity (Wildman–Crippen MR) is 85.4 cm³/mol. The summed E-state index contributed by atoms with van der Waals surface area (Å²) in [5.41, 5.74) is 1.81. The molecule has 0 spiro atoms. The van der Waals surface area contributed by atoms with Crippen molar-refractivity contribution in [1.82, 2.24) is 0 Å². The number of hydrogen-bond acceptors (Lipinski definition) is 2. The van der Waals surface area contributed by atoms with E-state index in [-0.39, 0.29) is 4.90 Å². The lowest BCUT2D eigenvalue weighted by molar-refractivity contribution is 0.598. The van der Waals surface area contributed by atoms with Crippen molar-refractivity contribution in [2.24, 2.45) is 4.40 Å². The highest BCUT2D eigenvalue weighted by Crippen LogP contribution is 2.16. The standard InChI is InChI=1S/C14H12INO2S/c1-11-7-9-13(10-8-11)19(17,18)16-14(15)12-5-3-2-4-6-12/h2-10H,1H3/b16-14+. The molecule has 0 fully saturated rings. The number of nitrogens with zero attached hydrogens (tertiary/aromatic N) is 1. The van der Waals surface area contributed by atoms with E-state index in [0.717, 1.165) is 11.1 Å². The second kappa shape index (κ2) is 5.83. The third kappa shape index (κ3) is 3.63. The summed E-state index contributed by atoms with van der Waals surface area (Å²) in [6, 6.07) is 15.9. The van der Waals surface area contributed by atoms with Crippen LogP contribution in [0.15, 0.2) is 63.9 Å². The summed E-state index contributed by atoms with van der Waals surface area (Å²) in [7, 11) is -3.64. The summed E-state index contributed by atoms with van der Waals surface area (Å²) in [5.74, 6) is 0. The topological polar surface area (TPSA) is 46.5 Å². The number of rotatable bonds is 3. The van der Waals surface area contributed by atoms with E-state index in [2.05, 4.69) is 4.40 Å². The predicted octanol–water partition coefficient (Wildman–Crippen LogP) is 3.57. The fraction of sp³-hybridized carbons (Fsp3) is 0.0714. The third-order valence-electron chi connectivity index (χ3n) is 2.53. The largest absolute Gasteiger partial charge is 0.283 e. The van der Waals surface area contributed by atoms with Gasteiger partial charge < -0.3 is 0 Å². The molecular formula is C14H12INO2S. The maximum absolute atomic E-state index is 12.1. The van der Waals surface area contributed by atoms with Crippen LogP contribution in [0.4, 0.5) is 0 Å². The lowest BCUT2D eigenvalue weighted by Gasteiger charge is -2.02. The molecule has 98 valence electrons. The van der Waals surface area contributed by atoms with E-state index in [1.54, 1.807) is 24.3 Å². The quantitative estimate of drug-likeness (QED) is 0.599. The molecule has 0 heterocycles. The van der Waals surface area contributed by atoms with E-state index < -0.39 is 10.0 Å². The first-order chi connectivity index (χ1) is 8.99. The van der Waals surface area contributed by atoms with Gasteiger partial charge in [-0.05, 0) is 41.6 Å². The molecule has 2 rings (SSSR count). The molecule has 0 aromatic heterocycles. The van der Waals surface area contributed by atoms with Crippen molar-refractivity contribution in [2.45, 2.75) is 11.8 Å². The first-order valence-electron chi connectivity index (χ1n) is 5.61. The van der Waals surface area contributed by atoms with Gasteiger partial charge in [-0.3, -0.25) is 0 Å². The van der Waals surface area contributed by atoms with Gasteiger partial charge in [0, 0.05) is 5.56 Å². The van der Waals surface area contributed by atoms with Gasteiger partial charge in [0.2, 0.25) is 0 Å². The van der Waals surface area contributed by atoms with Crippen LogP contribution in [0.1, 0.15) is 11.1 Å². The lowest BCUT2D eigenvalue weighted by Crippen LogP contribution is -2.01. The fourth-order valence-electron chi connectivity index (χ4n) is 1.50. The monoisotopic (exact) mass is 385 g/mol. The van der Waals surface area contributed by atoms with Gasteiger partial charge in [-0.2, -0.15) is 12.8 Å². The summed E-state index contributed by atoms with van der Waals surface area (Å²) in [6.45, 7) is 1.91. The third-order valence-corrected chi connectivity index (χ3v) is 5.01. The lowest BCUT2D eigenvalue weighted by atomic mass is 10.2. The Balaban J connectivity index is 2.39. The summed E-state index contributed by atoms with van der Waals surface area (Å²) in [5, 5.41) is 0. The van der Waals surface area contributed by atoms with Crippen molar-refractivity contribution < 1.29 is 8.42 Å². The maximum Gasteiger partial charge on any atom is 0.283 e. The van der Waals surface area contributed by atoms with Crippen LogP contribution in [0.2, 0.25) is 0 Å². The molecule has 5 heteroatoms. The van der Waals surface area contributed by atoms with Crippen molar-refractivity contribution in [3.05, 3.63) is 65.7 Å². The molecule has 0 N–H and O–H groups in total. The fourth-order valence-corrected chi connectivity index (χ4v) is 3.54. The van der Waals surface area contributed by atoms with Crippen LogP contribution in [-0.4, -0.2) is 12.1 Å². The molecule has 0 atom stereocenters. The molecule has 2 aromatic carbocycles. The van der Waals surface area contributed by atoms with Gasteiger partial charge in [0.1, 0.15) is 3.72 Å². The van der Waals surface area contributed by atoms with E-state index in [0.29, 0.717) is 3.72 Å². The smallest absolute Gasteiger partial charge is 0.199 e. The van der Waals surface area contributed by atoms with E-state index in [1.165, 1.54) is 0 Å². The van der Waals surface area contributed by atoms with Gasteiger partial charge in [0.25, 0.3) is 10.0 Å². The summed E-state index contributed by atoms with van der Waals surface area (Å²) < 4.78 is 28.6. The zero-order valence-electron chi connectivity index (χ0n) is 10.2. The SMILES string of the molecule is Cc1ccc(S(=O)(=O)/N=C(/I)c2ccccc2)cc1. The number of benzene rings is 2. The molecule has 0 radical (unpaired) electrons. The highest BCUT2D eigenvalue weighted by molar-refractivity contribution is 14.1. The number of aryl methyl sites for hydroxylation is 1. The van der Waals surface area contributed by atoms with Crippen molar-refractivity contribution in [1.29, 1.82) is 0 Å². The minimum Gasteiger partial charge on any atom is -0.199 e. The molecule has 19 heavy (non-hydrogen) atoms. The van der Waals surface area contributed by atoms with Gasteiger partial charge in [-0.1, -0.05) is 48.0 Å². The molecule has 3 nitrogen and oxygen atoms in total. The Bertz CT molecular complexity index is 692. The molecule has 0 saturated heterocycles. The van der Waals surface area contributed by atoms with E-state index in [1.807, 2.05) is 59.8 Å². The van der Waals surface area contributed by atoms with E-state index in [9.17, 15) is 8.42 Å². The van der Waals surface area contributed by atoms with E-state index in [4.69, 9.17) is 0 Å². The molecule has 2 aromatic rings. The summed E-state index contributed by atoms with van der Waals surface area (Å²) >= 11 is 1.94. The maximum atomic E-state index is 12.1. The minimum absolute atomic E-state index is 0.211. The molecule has 0 unspecified atom stereocenters. The molecule has 0 amide bonds. The van der Waals surface area contributed by atoms with Crippen LogP contribution < -0.4 is 0 Å². The first-order valence-corrected chi connectivity index (χ1v) is 8.13. The highest BCUT2D eigenvalue weighted by atomic mass is 127. The van der Waals surface area contributed by atoms with Crippen LogP contribution in [-0.2, 0) is 10.0 Å². The zero-order chi connectivity index (χ0) is 13.9. The average molecular weight is 385 g/mol. The Kier molecular flexibility index (Phi) is 4.36. The minimum atomic E-state index is -3.64. The van der Waals surface area contributed by atoms with Crippen LogP contribution >= 0.6 is 22.6 Å². The number of halogens is 1. The molecule has 0 saturated carbocycles. The Morgan fingerprint density at radius 1 is 1.00 bits per heavy atom. The molecule has 0 aliphatic heterocycles. The van der Waals surface area contributed by atoms with Gasteiger partial charge in [-0.15, -0.1) is 0 Å². The normalized spacial score (nSPS) is 12.4. The van der Waals surface area contributed by atoms with Gasteiger partial charge in [-0.25, -0.2) is 0 Å². The second-order valence-corrected chi connectivity index (χ2v) is 6.66. The van der Waals surface area contributed by atoms with Crippen LogP contribution in [0, 0.1) is 6.92 Å². The molecular weight excluding hydrogens is 373 g/mol. The van der Waals surface area contributed by atoms with Gasteiger partial charge in [0.05, 0.1) is 4.90 Å². The summed E-state index contributed by atoms with van der Waals surface area (Å²) in [6.07, 6.45) is 0. The molecule has 0 aliphatic rings. The van der Waals surface area contributed by atoms with Crippen LogP contribution in [0.3, 0.4) is 0 Å². The Hall–Kier alpha value is -1.21. The van der Waals surface area contributed by atoms with Crippen molar-refractivity contribution >= 4 is 36.3 Å². The zero-order valence-corrected chi connectivity index (χ0v) is 13.2. The summed E-state index contributed by atoms with van der Waals surface area (Å²) in [4.78, 5) is 0.211. The Labute approximate surface area is 126 Å². The van der Waals surface area contributed by atoms with Crippen molar-refractivity contribution in [3.63, 3.8) is 0 Å². The van der Waals surface area contributed by atoms with Crippen molar-refractivity contribution in [2.75, 3.05) is 0 Å².